The van der Waals surface area contributed by atoms with Crippen molar-refractivity contribution >= 4 is 11.8 Å². The third-order valence-corrected chi connectivity index (χ3v) is 4.82. The van der Waals surface area contributed by atoms with Crippen LogP contribution in [0.1, 0.15) is 38.5 Å². The summed E-state index contributed by atoms with van der Waals surface area (Å²) in [4.78, 5) is 0. The summed E-state index contributed by atoms with van der Waals surface area (Å²) in [5, 5.41) is 0. The fraction of sp³-hybridized carbons (Fsp3) is 1.00. The Morgan fingerprint density at radius 3 is 2.00 bits per heavy atom. The minimum absolute atomic E-state index is 0.331. The molecule has 0 aromatic carbocycles. The zero-order valence-electron chi connectivity index (χ0n) is 9.00. The Morgan fingerprint density at radius 1 is 1.07 bits per heavy atom. The van der Waals surface area contributed by atoms with E-state index in [-0.39, 0.29) is 0 Å². The molecule has 14 heavy (non-hydrogen) atoms. The summed E-state index contributed by atoms with van der Waals surface area (Å²) in [6, 6.07) is 0. The molecule has 0 amide bonds. The number of rotatable bonds is 3. The first-order chi connectivity index (χ1) is 6.80. The molecule has 0 aromatic heterocycles. The quantitative estimate of drug-likeness (QED) is 0.664. The third kappa shape index (κ3) is 1.51. The lowest BCUT2D eigenvalue weighted by molar-refractivity contribution is -0.149. The molecule has 0 aromatic rings. The fourth-order valence-electron chi connectivity index (χ4n) is 4.39. The first-order valence-corrected chi connectivity index (χ1v) is 7.32. The normalized spacial score (nSPS) is 49.9. The fourth-order valence-corrected chi connectivity index (χ4v) is 4.76. The van der Waals surface area contributed by atoms with Crippen LogP contribution in [-0.2, 0) is 4.74 Å². The van der Waals surface area contributed by atoms with Crippen molar-refractivity contribution in [1.29, 1.82) is 0 Å². The maximum Gasteiger partial charge on any atom is 0.0925 e. The topological polar surface area (TPSA) is 9.23 Å². The Balaban J connectivity index is 1.74. The highest BCUT2D eigenvalue weighted by atomic mass is 32.2. The van der Waals surface area contributed by atoms with Crippen LogP contribution in [0.3, 0.4) is 0 Å². The van der Waals surface area contributed by atoms with Gasteiger partial charge >= 0.3 is 0 Å². The number of hydrogen-bond donors (Lipinski definition) is 0. The predicted octanol–water partition coefficient (Wildman–Crippen LogP) is 3.29. The van der Waals surface area contributed by atoms with Crippen molar-refractivity contribution < 1.29 is 4.74 Å². The molecule has 0 aliphatic heterocycles. The van der Waals surface area contributed by atoms with E-state index in [2.05, 4.69) is 6.26 Å². The molecule has 2 heteroatoms. The predicted molar refractivity (Wildman–Crippen MR) is 60.4 cm³/mol. The van der Waals surface area contributed by atoms with Gasteiger partial charge in [-0.3, -0.25) is 0 Å². The second-order valence-electron chi connectivity index (χ2n) is 5.65. The van der Waals surface area contributed by atoms with Crippen LogP contribution in [0.2, 0.25) is 0 Å². The van der Waals surface area contributed by atoms with Crippen molar-refractivity contribution in [2.45, 2.75) is 44.1 Å². The van der Waals surface area contributed by atoms with E-state index in [4.69, 9.17) is 4.74 Å². The highest BCUT2D eigenvalue weighted by Crippen LogP contribution is 2.57. The molecule has 4 bridgehead atoms. The summed E-state index contributed by atoms with van der Waals surface area (Å²) in [5.74, 6) is 3.96. The third-order valence-electron chi connectivity index (χ3n) is 4.47. The number of ether oxygens (including phenoxy) is 1. The molecule has 0 atom stereocenters. The molecule has 4 rings (SSSR count). The highest BCUT2D eigenvalue weighted by molar-refractivity contribution is 7.98. The van der Waals surface area contributed by atoms with Crippen molar-refractivity contribution in [3.05, 3.63) is 0 Å². The summed E-state index contributed by atoms with van der Waals surface area (Å²) in [7, 11) is 0. The zero-order chi connectivity index (χ0) is 9.60. The Labute approximate surface area is 91.0 Å². The first-order valence-electron chi connectivity index (χ1n) is 5.92. The lowest BCUT2D eigenvalue weighted by Crippen LogP contribution is -2.51. The second kappa shape index (κ2) is 3.41. The molecule has 0 heterocycles. The van der Waals surface area contributed by atoms with Crippen molar-refractivity contribution in [3.63, 3.8) is 0 Å². The smallest absolute Gasteiger partial charge is 0.0925 e. The molecule has 1 nitrogen and oxygen atoms in total. The maximum atomic E-state index is 6.15. The van der Waals surface area contributed by atoms with Crippen LogP contribution in [-0.4, -0.2) is 17.8 Å². The van der Waals surface area contributed by atoms with Crippen molar-refractivity contribution in [2.75, 3.05) is 12.2 Å². The largest absolute Gasteiger partial charge is 0.364 e. The van der Waals surface area contributed by atoms with Crippen LogP contribution in [0.4, 0.5) is 0 Å². The van der Waals surface area contributed by atoms with Crippen LogP contribution < -0.4 is 0 Å². The van der Waals surface area contributed by atoms with E-state index >= 15 is 0 Å². The van der Waals surface area contributed by atoms with Gasteiger partial charge < -0.3 is 4.74 Å². The van der Waals surface area contributed by atoms with Gasteiger partial charge in [-0.1, -0.05) is 0 Å². The lowest BCUT2D eigenvalue weighted by Gasteiger charge is -2.56. The van der Waals surface area contributed by atoms with Gasteiger partial charge in [-0.15, -0.1) is 11.8 Å². The van der Waals surface area contributed by atoms with E-state index in [1.807, 2.05) is 11.8 Å². The minimum atomic E-state index is 0.331. The number of thioether (sulfide) groups is 1. The molecule has 0 saturated heterocycles. The second-order valence-corrected chi connectivity index (χ2v) is 6.46. The summed E-state index contributed by atoms with van der Waals surface area (Å²) in [5.41, 5.74) is 0.331. The minimum Gasteiger partial charge on any atom is -0.364 e. The summed E-state index contributed by atoms with van der Waals surface area (Å²) >= 11 is 1.83. The van der Waals surface area contributed by atoms with Crippen LogP contribution in [0.25, 0.3) is 0 Å². The molecule has 0 spiro atoms. The molecule has 4 saturated carbocycles. The Hall–Kier alpha value is 0.310. The van der Waals surface area contributed by atoms with Gasteiger partial charge in [0.2, 0.25) is 0 Å². The van der Waals surface area contributed by atoms with Crippen LogP contribution in [0.5, 0.6) is 0 Å². The maximum absolute atomic E-state index is 6.15. The Kier molecular flexibility index (Phi) is 2.32. The Morgan fingerprint density at radius 2 is 1.57 bits per heavy atom. The molecule has 0 radical (unpaired) electrons. The molecule has 4 aliphatic carbocycles. The van der Waals surface area contributed by atoms with Crippen LogP contribution >= 0.6 is 11.8 Å². The molecular weight excluding hydrogens is 192 g/mol. The van der Waals surface area contributed by atoms with E-state index in [1.54, 1.807) is 0 Å². The van der Waals surface area contributed by atoms with Gasteiger partial charge in [0, 0.05) is 0 Å². The molecule has 0 N–H and O–H groups in total. The zero-order valence-corrected chi connectivity index (χ0v) is 9.81. The number of hydrogen-bond acceptors (Lipinski definition) is 2. The molecule has 0 unspecified atom stereocenters. The monoisotopic (exact) mass is 212 g/mol. The van der Waals surface area contributed by atoms with Gasteiger partial charge in [0.1, 0.15) is 0 Å². The first kappa shape index (κ1) is 9.53. The molecule has 4 aliphatic rings. The van der Waals surface area contributed by atoms with Gasteiger partial charge in [0.25, 0.3) is 0 Å². The molecular formula is C12H20OS. The summed E-state index contributed by atoms with van der Waals surface area (Å²) in [6.07, 6.45) is 10.8. The van der Waals surface area contributed by atoms with Gasteiger partial charge in [-0.2, -0.15) is 0 Å². The van der Waals surface area contributed by atoms with Crippen molar-refractivity contribution in [1.82, 2.24) is 0 Å². The van der Waals surface area contributed by atoms with Gasteiger partial charge in [-0.25, -0.2) is 0 Å². The lowest BCUT2D eigenvalue weighted by atomic mass is 9.54. The molecule has 80 valence electrons. The van der Waals surface area contributed by atoms with Gasteiger partial charge in [0.05, 0.1) is 11.5 Å². The van der Waals surface area contributed by atoms with Crippen molar-refractivity contribution in [3.8, 4) is 0 Å². The van der Waals surface area contributed by atoms with E-state index < -0.39 is 0 Å². The van der Waals surface area contributed by atoms with Gasteiger partial charge in [-0.05, 0) is 62.5 Å². The summed E-state index contributed by atoms with van der Waals surface area (Å²) < 4.78 is 6.15. The van der Waals surface area contributed by atoms with Crippen LogP contribution in [0, 0.1) is 17.8 Å². The van der Waals surface area contributed by atoms with E-state index in [9.17, 15) is 0 Å². The standard InChI is InChI=1S/C12H20OS/c1-14-8-13-12-5-9-2-10(6-12)4-11(3-9)7-12/h9-11H,2-8H2,1H3. The van der Waals surface area contributed by atoms with E-state index in [1.165, 1.54) is 38.5 Å². The molecule has 4 fully saturated rings. The average Bonchev–Trinajstić information content (AvgIpc) is 2.12. The average molecular weight is 212 g/mol. The SMILES string of the molecule is CSCOC12CC3CC(CC(C3)C1)C2. The van der Waals surface area contributed by atoms with E-state index in [0.717, 1.165) is 23.7 Å². The van der Waals surface area contributed by atoms with Crippen molar-refractivity contribution in [2.24, 2.45) is 17.8 Å². The van der Waals surface area contributed by atoms with Crippen LogP contribution in [0.15, 0.2) is 0 Å². The van der Waals surface area contributed by atoms with E-state index in [0.29, 0.717) is 5.60 Å². The van der Waals surface area contributed by atoms with Gasteiger partial charge in [0.15, 0.2) is 0 Å². The highest BCUT2D eigenvalue weighted by Gasteiger charge is 2.51. The summed E-state index contributed by atoms with van der Waals surface area (Å²) in [6.45, 7) is 0. The Bertz CT molecular complexity index is 191.